The molecule has 1 rings (SSSR count). The number of pyridine rings is 1. The van der Waals surface area contributed by atoms with Crippen LogP contribution in [0.25, 0.3) is 0 Å². The number of carboxylic acids is 2. The maximum Gasteiger partial charge on any atom is 0.326 e. The summed E-state index contributed by atoms with van der Waals surface area (Å²) in [7, 11) is 0. The van der Waals surface area contributed by atoms with E-state index in [1.54, 1.807) is 6.07 Å². The highest BCUT2D eigenvalue weighted by Crippen LogP contribution is 2.09. The van der Waals surface area contributed by atoms with Gasteiger partial charge in [-0.3, -0.25) is 14.6 Å². The quantitative estimate of drug-likeness (QED) is 0.775. The van der Waals surface area contributed by atoms with E-state index in [4.69, 9.17) is 10.2 Å². The Morgan fingerprint density at radius 1 is 1.37 bits per heavy atom. The Balaban J connectivity index is 2.92. The summed E-state index contributed by atoms with van der Waals surface area (Å²) in [5.41, 5.74) is 0.223. The van der Waals surface area contributed by atoms with Gasteiger partial charge in [0.05, 0.1) is 12.0 Å². The molecule has 1 atom stereocenters. The number of hydrogen-bond donors (Lipinski definition) is 2. The second-order valence-electron chi connectivity index (χ2n) is 3.90. The van der Waals surface area contributed by atoms with Crippen LogP contribution < -0.4 is 0 Å². The molecule has 0 aliphatic heterocycles. The van der Waals surface area contributed by atoms with E-state index in [0.717, 1.165) is 4.90 Å². The van der Waals surface area contributed by atoms with E-state index < -0.39 is 23.9 Å². The number of carboxylic acid groups (broad SMARTS) is 2. The van der Waals surface area contributed by atoms with Gasteiger partial charge >= 0.3 is 11.9 Å². The van der Waals surface area contributed by atoms with Crippen LogP contribution in [0.5, 0.6) is 0 Å². The van der Waals surface area contributed by atoms with Gasteiger partial charge in [-0.2, -0.15) is 0 Å². The van der Waals surface area contributed by atoms with Gasteiger partial charge < -0.3 is 15.1 Å². The zero-order valence-corrected chi connectivity index (χ0v) is 10.3. The number of hydrogen-bond acceptors (Lipinski definition) is 4. The van der Waals surface area contributed by atoms with Crippen LogP contribution in [0, 0.1) is 0 Å². The summed E-state index contributed by atoms with van der Waals surface area (Å²) in [4.78, 5) is 38.4. The lowest BCUT2D eigenvalue weighted by atomic mass is 10.2. The smallest absolute Gasteiger partial charge is 0.326 e. The number of carbonyl (C=O) groups excluding carboxylic acids is 1. The highest BCUT2D eigenvalue weighted by molar-refractivity contribution is 5.96. The number of aliphatic carboxylic acids is 2. The molecule has 0 fully saturated rings. The van der Waals surface area contributed by atoms with Gasteiger partial charge in [-0.25, -0.2) is 4.79 Å². The Morgan fingerprint density at radius 2 is 2.05 bits per heavy atom. The van der Waals surface area contributed by atoms with Gasteiger partial charge in [0, 0.05) is 18.9 Å². The van der Waals surface area contributed by atoms with Gasteiger partial charge in [0.15, 0.2) is 0 Å². The van der Waals surface area contributed by atoms with E-state index in [1.165, 1.54) is 25.4 Å². The SMILES string of the molecule is CC(C(=O)O)N(CCC(=O)O)C(=O)c1cccnc1. The number of rotatable bonds is 6. The molecule has 0 spiro atoms. The first-order chi connectivity index (χ1) is 8.93. The normalized spacial score (nSPS) is 11.6. The molecule has 0 bridgehead atoms. The molecule has 0 aromatic carbocycles. The van der Waals surface area contributed by atoms with Crippen LogP contribution in [-0.4, -0.2) is 50.5 Å². The van der Waals surface area contributed by atoms with Gasteiger partial charge in [0.2, 0.25) is 0 Å². The summed E-state index contributed by atoms with van der Waals surface area (Å²) in [5.74, 6) is -2.84. The molecule has 0 aliphatic carbocycles. The molecule has 1 heterocycles. The molecule has 0 aliphatic rings. The lowest BCUT2D eigenvalue weighted by Gasteiger charge is -2.25. The van der Waals surface area contributed by atoms with Crippen molar-refractivity contribution in [1.82, 2.24) is 9.88 Å². The van der Waals surface area contributed by atoms with Gasteiger partial charge in [0.1, 0.15) is 6.04 Å². The maximum atomic E-state index is 12.1. The molecule has 7 nitrogen and oxygen atoms in total. The number of carbonyl (C=O) groups is 3. The number of aromatic nitrogens is 1. The van der Waals surface area contributed by atoms with Crippen LogP contribution in [0.4, 0.5) is 0 Å². The molecule has 102 valence electrons. The third-order valence-electron chi connectivity index (χ3n) is 2.56. The van der Waals surface area contributed by atoms with Crippen LogP contribution in [-0.2, 0) is 9.59 Å². The minimum absolute atomic E-state index is 0.170. The maximum absolute atomic E-state index is 12.1. The van der Waals surface area contributed by atoms with Crippen LogP contribution in [0.1, 0.15) is 23.7 Å². The van der Waals surface area contributed by atoms with Crippen LogP contribution in [0.3, 0.4) is 0 Å². The molecule has 1 amide bonds. The van der Waals surface area contributed by atoms with Crippen molar-refractivity contribution in [3.63, 3.8) is 0 Å². The predicted molar refractivity (Wildman–Crippen MR) is 64.6 cm³/mol. The Labute approximate surface area is 109 Å². The largest absolute Gasteiger partial charge is 0.481 e. The monoisotopic (exact) mass is 266 g/mol. The van der Waals surface area contributed by atoms with Crippen LogP contribution in [0.2, 0.25) is 0 Å². The van der Waals surface area contributed by atoms with Gasteiger partial charge in [0.25, 0.3) is 5.91 Å². The van der Waals surface area contributed by atoms with E-state index in [9.17, 15) is 14.4 Å². The first-order valence-corrected chi connectivity index (χ1v) is 5.59. The van der Waals surface area contributed by atoms with E-state index in [1.807, 2.05) is 0 Å². The zero-order chi connectivity index (χ0) is 14.4. The number of nitrogens with zero attached hydrogens (tertiary/aromatic N) is 2. The molecular formula is C12H14N2O5. The average Bonchev–Trinajstić information content (AvgIpc) is 2.39. The summed E-state index contributed by atoms with van der Waals surface area (Å²) >= 11 is 0. The van der Waals surface area contributed by atoms with Crippen molar-refractivity contribution >= 4 is 17.8 Å². The summed E-state index contributed by atoms with van der Waals surface area (Å²) in [6.45, 7) is 1.16. The van der Waals surface area contributed by atoms with Crippen LogP contribution >= 0.6 is 0 Å². The number of amides is 1. The Kier molecular flexibility index (Phi) is 4.99. The highest BCUT2D eigenvalue weighted by atomic mass is 16.4. The third kappa shape index (κ3) is 4.06. The predicted octanol–water partition coefficient (Wildman–Crippen LogP) is 0.472. The Hall–Kier alpha value is -2.44. The molecule has 19 heavy (non-hydrogen) atoms. The van der Waals surface area contributed by atoms with Crippen molar-refractivity contribution in [2.45, 2.75) is 19.4 Å². The zero-order valence-electron chi connectivity index (χ0n) is 10.3. The van der Waals surface area contributed by atoms with Crippen molar-refractivity contribution in [2.75, 3.05) is 6.54 Å². The molecule has 7 heteroatoms. The van der Waals surface area contributed by atoms with E-state index in [-0.39, 0.29) is 18.5 Å². The molecule has 1 aromatic heterocycles. The van der Waals surface area contributed by atoms with Crippen molar-refractivity contribution < 1.29 is 24.6 Å². The minimum Gasteiger partial charge on any atom is -0.481 e. The standard InChI is InChI=1S/C12H14N2O5/c1-8(12(18)19)14(6-4-10(15)16)11(17)9-3-2-5-13-7-9/h2-3,5,7-8H,4,6H2,1H3,(H,15,16)(H,18,19). The fourth-order valence-electron chi connectivity index (χ4n) is 1.48. The molecule has 0 saturated carbocycles. The second-order valence-corrected chi connectivity index (χ2v) is 3.90. The first kappa shape index (κ1) is 14.6. The second kappa shape index (κ2) is 6.48. The minimum atomic E-state index is -1.19. The summed E-state index contributed by atoms with van der Waals surface area (Å²) in [6.07, 6.45) is 2.48. The van der Waals surface area contributed by atoms with E-state index in [0.29, 0.717) is 0 Å². The van der Waals surface area contributed by atoms with E-state index >= 15 is 0 Å². The molecular weight excluding hydrogens is 252 g/mol. The lowest BCUT2D eigenvalue weighted by molar-refractivity contribution is -0.143. The van der Waals surface area contributed by atoms with Crippen LogP contribution in [0.15, 0.2) is 24.5 Å². The molecule has 1 unspecified atom stereocenters. The fraction of sp³-hybridized carbons (Fsp3) is 0.333. The summed E-state index contributed by atoms with van der Waals surface area (Å²) in [6, 6.07) is 1.94. The first-order valence-electron chi connectivity index (χ1n) is 5.59. The van der Waals surface area contributed by atoms with E-state index in [2.05, 4.69) is 4.98 Å². The van der Waals surface area contributed by atoms with Crippen molar-refractivity contribution in [2.24, 2.45) is 0 Å². The lowest BCUT2D eigenvalue weighted by Crippen LogP contribution is -2.44. The van der Waals surface area contributed by atoms with Gasteiger partial charge in [-0.05, 0) is 19.1 Å². The highest BCUT2D eigenvalue weighted by Gasteiger charge is 2.26. The summed E-state index contributed by atoms with van der Waals surface area (Å²) < 4.78 is 0. The van der Waals surface area contributed by atoms with Crippen molar-refractivity contribution in [1.29, 1.82) is 0 Å². The molecule has 2 N–H and O–H groups in total. The molecule has 1 aromatic rings. The Bertz CT molecular complexity index is 474. The fourth-order valence-corrected chi connectivity index (χ4v) is 1.48. The average molecular weight is 266 g/mol. The van der Waals surface area contributed by atoms with Gasteiger partial charge in [-0.1, -0.05) is 0 Å². The molecule has 0 saturated heterocycles. The summed E-state index contributed by atoms with van der Waals surface area (Å²) in [5, 5.41) is 17.6. The van der Waals surface area contributed by atoms with Crippen molar-refractivity contribution in [3.8, 4) is 0 Å². The van der Waals surface area contributed by atoms with Gasteiger partial charge in [-0.15, -0.1) is 0 Å². The Morgan fingerprint density at radius 3 is 2.53 bits per heavy atom. The third-order valence-corrected chi connectivity index (χ3v) is 2.56. The topological polar surface area (TPSA) is 108 Å². The molecule has 0 radical (unpaired) electrons. The van der Waals surface area contributed by atoms with Crippen molar-refractivity contribution in [3.05, 3.63) is 30.1 Å².